The molecule has 0 aliphatic carbocycles. The number of rotatable bonds is 2. The number of nitrogens with one attached hydrogen (secondary N) is 2. The molecule has 0 aromatic heterocycles. The predicted octanol–water partition coefficient (Wildman–Crippen LogP) is 2.30. The molecule has 0 amide bonds. The van der Waals surface area contributed by atoms with Crippen LogP contribution < -0.4 is 10.6 Å². The quantitative estimate of drug-likeness (QED) is 0.672. The number of hydrogen-bond acceptors (Lipinski definition) is 1. The van der Waals surface area contributed by atoms with Crippen molar-refractivity contribution in [2.45, 2.75) is 47.1 Å². The van der Waals surface area contributed by atoms with Gasteiger partial charge in [0.05, 0.1) is 0 Å². The molecule has 0 saturated heterocycles. The molecular formula is C10H22N2S. The Morgan fingerprint density at radius 3 is 1.92 bits per heavy atom. The predicted molar refractivity (Wildman–Crippen MR) is 62.9 cm³/mol. The maximum atomic E-state index is 5.15. The molecule has 0 unspecified atom stereocenters. The Labute approximate surface area is 87.5 Å². The van der Waals surface area contributed by atoms with Crippen LogP contribution in [0.1, 0.15) is 41.5 Å². The van der Waals surface area contributed by atoms with Gasteiger partial charge in [-0.15, -0.1) is 0 Å². The van der Waals surface area contributed by atoms with Crippen LogP contribution in [-0.2, 0) is 0 Å². The van der Waals surface area contributed by atoms with E-state index in [4.69, 9.17) is 12.2 Å². The summed E-state index contributed by atoms with van der Waals surface area (Å²) in [5.41, 5.74) is 0.193. The van der Waals surface area contributed by atoms with Gasteiger partial charge >= 0.3 is 0 Å². The number of hydrogen-bond donors (Lipinski definition) is 2. The summed E-state index contributed by atoms with van der Waals surface area (Å²) >= 11 is 5.15. The van der Waals surface area contributed by atoms with E-state index in [0.717, 1.165) is 11.7 Å². The second kappa shape index (κ2) is 4.27. The average Bonchev–Trinajstić information content (AvgIpc) is 1.83. The minimum absolute atomic E-state index is 0.00620. The van der Waals surface area contributed by atoms with Gasteiger partial charge in [-0.2, -0.15) is 0 Å². The highest BCUT2D eigenvalue weighted by Gasteiger charge is 2.32. The lowest BCUT2D eigenvalue weighted by Crippen LogP contribution is -2.55. The molecule has 0 radical (unpaired) electrons. The smallest absolute Gasteiger partial charge is 0.166 e. The molecule has 2 nitrogen and oxygen atoms in total. The molecule has 0 bridgehead atoms. The van der Waals surface area contributed by atoms with E-state index in [1.54, 1.807) is 0 Å². The van der Waals surface area contributed by atoms with Gasteiger partial charge in [-0.25, -0.2) is 0 Å². The number of thiocarbonyl (C=S) groups is 1. The van der Waals surface area contributed by atoms with Gasteiger partial charge in [-0.1, -0.05) is 20.8 Å². The van der Waals surface area contributed by atoms with E-state index in [9.17, 15) is 0 Å². The van der Waals surface area contributed by atoms with E-state index in [1.807, 2.05) is 6.92 Å². The summed E-state index contributed by atoms with van der Waals surface area (Å²) in [5.74, 6) is 0. The standard InChI is InChI=1S/C10H22N2S/c1-7-11-8(13)12-10(5,6)9(2,3)4/h7H2,1-6H3,(H2,11,12,13). The maximum absolute atomic E-state index is 5.15. The lowest BCUT2D eigenvalue weighted by atomic mass is 9.76. The van der Waals surface area contributed by atoms with E-state index >= 15 is 0 Å². The fourth-order valence-electron chi connectivity index (χ4n) is 0.676. The third-order valence-corrected chi connectivity index (χ3v) is 2.88. The summed E-state index contributed by atoms with van der Waals surface area (Å²) in [6.45, 7) is 13.8. The van der Waals surface area contributed by atoms with E-state index in [0.29, 0.717) is 0 Å². The Hall–Kier alpha value is -0.310. The summed E-state index contributed by atoms with van der Waals surface area (Å²) < 4.78 is 0. The van der Waals surface area contributed by atoms with Gasteiger partial charge in [0.2, 0.25) is 0 Å². The first-order valence-electron chi connectivity index (χ1n) is 4.76. The van der Waals surface area contributed by atoms with Gasteiger partial charge in [0.25, 0.3) is 0 Å². The van der Waals surface area contributed by atoms with Crippen molar-refractivity contribution in [3.8, 4) is 0 Å². The SMILES string of the molecule is CCNC(=S)NC(C)(C)C(C)(C)C. The van der Waals surface area contributed by atoms with Crippen molar-refractivity contribution in [2.24, 2.45) is 5.41 Å². The summed E-state index contributed by atoms with van der Waals surface area (Å²) in [5, 5.41) is 7.15. The Kier molecular flexibility index (Phi) is 4.17. The second-order valence-corrected chi connectivity index (χ2v) is 5.27. The van der Waals surface area contributed by atoms with Crippen LogP contribution in [0.4, 0.5) is 0 Å². The summed E-state index contributed by atoms with van der Waals surface area (Å²) in [6, 6.07) is 0. The molecule has 0 aliphatic rings. The molecule has 0 rings (SSSR count). The molecule has 0 atom stereocenters. The molecule has 0 fully saturated rings. The zero-order valence-corrected chi connectivity index (χ0v) is 10.4. The van der Waals surface area contributed by atoms with Crippen molar-refractivity contribution in [3.63, 3.8) is 0 Å². The van der Waals surface area contributed by atoms with Crippen molar-refractivity contribution in [1.82, 2.24) is 10.6 Å². The van der Waals surface area contributed by atoms with Gasteiger partial charge in [0, 0.05) is 12.1 Å². The van der Waals surface area contributed by atoms with Crippen molar-refractivity contribution in [2.75, 3.05) is 6.54 Å². The van der Waals surface area contributed by atoms with E-state index < -0.39 is 0 Å². The Bertz CT molecular complexity index is 180. The van der Waals surface area contributed by atoms with Crippen LogP contribution in [0.15, 0.2) is 0 Å². The van der Waals surface area contributed by atoms with Crippen molar-refractivity contribution < 1.29 is 0 Å². The van der Waals surface area contributed by atoms with E-state index in [2.05, 4.69) is 45.3 Å². The van der Waals surface area contributed by atoms with Crippen molar-refractivity contribution in [3.05, 3.63) is 0 Å². The molecule has 3 heteroatoms. The van der Waals surface area contributed by atoms with Gasteiger partial charge < -0.3 is 10.6 Å². The molecule has 0 heterocycles. The molecule has 0 aromatic rings. The monoisotopic (exact) mass is 202 g/mol. The summed E-state index contributed by atoms with van der Waals surface area (Å²) in [7, 11) is 0. The van der Waals surface area contributed by atoms with Crippen molar-refractivity contribution >= 4 is 17.3 Å². The summed E-state index contributed by atoms with van der Waals surface area (Å²) in [4.78, 5) is 0. The zero-order valence-electron chi connectivity index (χ0n) is 9.62. The third kappa shape index (κ3) is 3.94. The highest BCUT2D eigenvalue weighted by molar-refractivity contribution is 7.80. The second-order valence-electron chi connectivity index (χ2n) is 4.86. The van der Waals surface area contributed by atoms with E-state index in [-0.39, 0.29) is 11.0 Å². The molecule has 0 spiro atoms. The lowest BCUT2D eigenvalue weighted by Gasteiger charge is -2.40. The molecule has 0 saturated carbocycles. The fourth-order valence-corrected chi connectivity index (χ4v) is 1.08. The molecule has 0 aromatic carbocycles. The minimum Gasteiger partial charge on any atom is -0.363 e. The van der Waals surface area contributed by atoms with Gasteiger partial charge in [-0.3, -0.25) is 0 Å². The maximum Gasteiger partial charge on any atom is 0.166 e. The van der Waals surface area contributed by atoms with E-state index in [1.165, 1.54) is 0 Å². The first-order valence-corrected chi connectivity index (χ1v) is 5.17. The van der Waals surface area contributed by atoms with Crippen LogP contribution in [0.2, 0.25) is 0 Å². The Morgan fingerprint density at radius 2 is 1.62 bits per heavy atom. The first kappa shape index (κ1) is 12.7. The topological polar surface area (TPSA) is 24.1 Å². The van der Waals surface area contributed by atoms with Gasteiger partial charge in [0.15, 0.2) is 5.11 Å². The highest BCUT2D eigenvalue weighted by atomic mass is 32.1. The van der Waals surface area contributed by atoms with Gasteiger partial charge in [-0.05, 0) is 38.4 Å². The van der Waals surface area contributed by atoms with Crippen LogP contribution in [0.3, 0.4) is 0 Å². The molecule has 13 heavy (non-hydrogen) atoms. The molecular weight excluding hydrogens is 180 g/mol. The zero-order chi connectivity index (χ0) is 10.7. The first-order chi connectivity index (χ1) is 5.70. The van der Waals surface area contributed by atoms with Crippen LogP contribution in [-0.4, -0.2) is 17.2 Å². The van der Waals surface area contributed by atoms with Crippen LogP contribution in [0, 0.1) is 5.41 Å². The fraction of sp³-hybridized carbons (Fsp3) is 0.900. The molecule has 78 valence electrons. The average molecular weight is 202 g/mol. The van der Waals surface area contributed by atoms with Gasteiger partial charge in [0.1, 0.15) is 0 Å². The van der Waals surface area contributed by atoms with Crippen LogP contribution >= 0.6 is 12.2 Å². The molecule has 0 aliphatic heterocycles. The highest BCUT2D eigenvalue weighted by Crippen LogP contribution is 2.29. The third-order valence-electron chi connectivity index (χ3n) is 2.64. The Morgan fingerprint density at radius 1 is 1.15 bits per heavy atom. The van der Waals surface area contributed by atoms with Crippen molar-refractivity contribution in [1.29, 1.82) is 0 Å². The molecule has 2 N–H and O–H groups in total. The minimum atomic E-state index is 0.00620. The van der Waals surface area contributed by atoms with Crippen LogP contribution in [0.25, 0.3) is 0 Å². The largest absolute Gasteiger partial charge is 0.363 e. The summed E-state index contributed by atoms with van der Waals surface area (Å²) in [6.07, 6.45) is 0. The van der Waals surface area contributed by atoms with Crippen LogP contribution in [0.5, 0.6) is 0 Å². The lowest BCUT2D eigenvalue weighted by molar-refractivity contribution is 0.204. The Balaban J connectivity index is 4.26. The normalized spacial score (nSPS) is 12.5.